The Hall–Kier alpha value is -0.160. The van der Waals surface area contributed by atoms with E-state index in [0.29, 0.717) is 6.04 Å². The van der Waals surface area contributed by atoms with E-state index in [2.05, 4.69) is 36.1 Å². The maximum absolute atomic E-state index is 9.81. The molecule has 1 heterocycles. The van der Waals surface area contributed by atoms with Crippen LogP contribution in [-0.4, -0.2) is 72.9 Å². The van der Waals surface area contributed by atoms with E-state index in [1.165, 1.54) is 38.8 Å². The van der Waals surface area contributed by atoms with Crippen molar-refractivity contribution in [1.82, 2.24) is 15.1 Å². The molecule has 1 saturated heterocycles. The van der Waals surface area contributed by atoms with Crippen LogP contribution < -0.4 is 5.32 Å². The third kappa shape index (κ3) is 3.73. The average Bonchev–Trinajstić information content (AvgIpc) is 2.85. The van der Waals surface area contributed by atoms with Crippen molar-refractivity contribution in [3.8, 4) is 0 Å². The van der Waals surface area contributed by atoms with Crippen LogP contribution in [0.5, 0.6) is 0 Å². The van der Waals surface area contributed by atoms with E-state index >= 15 is 0 Å². The summed E-state index contributed by atoms with van der Waals surface area (Å²) in [6.45, 7) is 5.78. The third-order valence-corrected chi connectivity index (χ3v) is 5.47. The Morgan fingerprint density at radius 1 is 1.35 bits per heavy atom. The minimum absolute atomic E-state index is 0.0342. The van der Waals surface area contributed by atoms with E-state index in [1.807, 2.05) is 0 Å². The number of hydrogen-bond acceptors (Lipinski definition) is 4. The van der Waals surface area contributed by atoms with E-state index in [1.54, 1.807) is 0 Å². The number of likely N-dealkylation sites (N-methyl/N-ethyl adjacent to an activating group) is 3. The quantitative estimate of drug-likeness (QED) is 0.771. The first kappa shape index (κ1) is 16.2. The molecular weight excluding hydrogens is 250 g/mol. The summed E-state index contributed by atoms with van der Waals surface area (Å²) < 4.78 is 0. The molecule has 2 rings (SSSR count). The monoisotopic (exact) mass is 283 g/mol. The SMILES string of the molecule is CCNC1(CO)CCCC(N(C)CC2CCCN2C)C1. The number of aliphatic hydroxyl groups excluding tert-OH is 1. The Bertz CT molecular complexity index is 295. The normalized spacial score (nSPS) is 35.9. The van der Waals surface area contributed by atoms with Gasteiger partial charge in [-0.15, -0.1) is 0 Å². The molecule has 0 aromatic carbocycles. The summed E-state index contributed by atoms with van der Waals surface area (Å²) in [7, 11) is 4.53. The maximum Gasteiger partial charge on any atom is 0.0613 e. The molecule has 2 N–H and O–H groups in total. The van der Waals surface area contributed by atoms with Gasteiger partial charge < -0.3 is 20.2 Å². The zero-order chi connectivity index (χ0) is 14.6. The molecule has 4 heteroatoms. The van der Waals surface area contributed by atoms with Crippen LogP contribution in [-0.2, 0) is 0 Å². The molecule has 1 saturated carbocycles. The Labute approximate surface area is 124 Å². The van der Waals surface area contributed by atoms with Crippen LogP contribution >= 0.6 is 0 Å². The highest BCUT2D eigenvalue weighted by Gasteiger charge is 2.37. The highest BCUT2D eigenvalue weighted by atomic mass is 16.3. The largest absolute Gasteiger partial charge is 0.394 e. The van der Waals surface area contributed by atoms with Crippen molar-refractivity contribution in [2.45, 2.75) is 63.1 Å². The number of nitrogens with one attached hydrogen (secondary N) is 1. The lowest BCUT2D eigenvalue weighted by Gasteiger charge is -2.44. The van der Waals surface area contributed by atoms with Crippen molar-refractivity contribution in [3.63, 3.8) is 0 Å². The van der Waals surface area contributed by atoms with Crippen LogP contribution in [0.3, 0.4) is 0 Å². The zero-order valence-electron chi connectivity index (χ0n) is 13.6. The maximum atomic E-state index is 9.81. The van der Waals surface area contributed by atoms with Crippen molar-refractivity contribution in [2.75, 3.05) is 40.3 Å². The minimum atomic E-state index is -0.0342. The van der Waals surface area contributed by atoms with Gasteiger partial charge in [0.1, 0.15) is 0 Å². The summed E-state index contributed by atoms with van der Waals surface area (Å²) >= 11 is 0. The van der Waals surface area contributed by atoms with E-state index in [-0.39, 0.29) is 12.1 Å². The van der Waals surface area contributed by atoms with Crippen LogP contribution in [0.4, 0.5) is 0 Å². The second kappa shape index (κ2) is 7.21. The fourth-order valence-corrected chi connectivity index (χ4v) is 4.13. The van der Waals surface area contributed by atoms with Gasteiger partial charge in [-0.2, -0.15) is 0 Å². The number of rotatable bonds is 6. The molecule has 0 bridgehead atoms. The molecule has 2 aliphatic rings. The molecule has 2 fully saturated rings. The molecule has 3 atom stereocenters. The van der Waals surface area contributed by atoms with Gasteiger partial charge in [0, 0.05) is 24.2 Å². The van der Waals surface area contributed by atoms with Gasteiger partial charge in [0.15, 0.2) is 0 Å². The van der Waals surface area contributed by atoms with E-state index in [9.17, 15) is 5.11 Å². The third-order valence-electron chi connectivity index (χ3n) is 5.47. The molecule has 3 unspecified atom stereocenters. The fourth-order valence-electron chi connectivity index (χ4n) is 4.13. The van der Waals surface area contributed by atoms with Crippen LogP contribution in [0.1, 0.15) is 45.4 Å². The molecule has 0 radical (unpaired) electrons. The highest BCUT2D eigenvalue weighted by Crippen LogP contribution is 2.31. The molecule has 1 aliphatic carbocycles. The van der Waals surface area contributed by atoms with E-state index in [0.717, 1.165) is 25.4 Å². The van der Waals surface area contributed by atoms with Gasteiger partial charge in [-0.3, -0.25) is 0 Å². The van der Waals surface area contributed by atoms with Crippen LogP contribution in [0, 0.1) is 0 Å². The standard InChI is InChI=1S/C16H33N3O/c1-4-17-16(13-20)9-5-7-14(11-16)19(3)12-15-8-6-10-18(15)2/h14-15,17,20H,4-13H2,1-3H3. The molecule has 4 nitrogen and oxygen atoms in total. The summed E-state index contributed by atoms with van der Waals surface area (Å²) in [5.41, 5.74) is -0.0342. The number of nitrogens with zero attached hydrogens (tertiary/aromatic N) is 2. The van der Waals surface area contributed by atoms with E-state index < -0.39 is 0 Å². The summed E-state index contributed by atoms with van der Waals surface area (Å²) in [6.07, 6.45) is 7.39. The fraction of sp³-hybridized carbons (Fsp3) is 1.00. The summed E-state index contributed by atoms with van der Waals surface area (Å²) in [4.78, 5) is 5.05. The second-order valence-electron chi connectivity index (χ2n) is 6.94. The first-order valence-corrected chi connectivity index (χ1v) is 8.36. The van der Waals surface area contributed by atoms with Crippen LogP contribution in [0.25, 0.3) is 0 Å². The smallest absolute Gasteiger partial charge is 0.0613 e. The average molecular weight is 283 g/mol. The van der Waals surface area contributed by atoms with Gasteiger partial charge >= 0.3 is 0 Å². The molecule has 0 aromatic heterocycles. The first-order valence-electron chi connectivity index (χ1n) is 8.36. The van der Waals surface area contributed by atoms with Gasteiger partial charge in [-0.1, -0.05) is 6.92 Å². The van der Waals surface area contributed by atoms with Gasteiger partial charge in [-0.05, 0) is 65.7 Å². The molecule has 0 aromatic rings. The number of likely N-dealkylation sites (tertiary alicyclic amines) is 1. The first-order chi connectivity index (χ1) is 9.60. The summed E-state index contributed by atoms with van der Waals surface area (Å²) in [5, 5.41) is 13.4. The predicted molar refractivity (Wildman–Crippen MR) is 84.0 cm³/mol. The van der Waals surface area contributed by atoms with Crippen molar-refractivity contribution in [3.05, 3.63) is 0 Å². The Balaban J connectivity index is 1.90. The lowest BCUT2D eigenvalue weighted by molar-refractivity contribution is 0.0623. The van der Waals surface area contributed by atoms with Gasteiger partial charge in [0.05, 0.1) is 6.61 Å². The number of hydrogen-bond donors (Lipinski definition) is 2. The Morgan fingerprint density at radius 3 is 2.75 bits per heavy atom. The minimum Gasteiger partial charge on any atom is -0.394 e. The van der Waals surface area contributed by atoms with Crippen molar-refractivity contribution >= 4 is 0 Å². The van der Waals surface area contributed by atoms with Crippen LogP contribution in [0.2, 0.25) is 0 Å². The Morgan fingerprint density at radius 2 is 2.15 bits per heavy atom. The number of aliphatic hydroxyl groups is 1. The van der Waals surface area contributed by atoms with Gasteiger partial charge in [0.25, 0.3) is 0 Å². The van der Waals surface area contributed by atoms with Crippen molar-refractivity contribution in [1.29, 1.82) is 0 Å². The lowest BCUT2D eigenvalue weighted by atomic mass is 9.78. The lowest BCUT2D eigenvalue weighted by Crippen LogP contribution is -2.56. The van der Waals surface area contributed by atoms with Gasteiger partial charge in [0.2, 0.25) is 0 Å². The second-order valence-corrected chi connectivity index (χ2v) is 6.94. The highest BCUT2D eigenvalue weighted by molar-refractivity contribution is 4.96. The van der Waals surface area contributed by atoms with E-state index in [4.69, 9.17) is 0 Å². The molecular formula is C16H33N3O. The molecule has 118 valence electrons. The summed E-state index contributed by atoms with van der Waals surface area (Å²) in [6, 6.07) is 1.34. The van der Waals surface area contributed by atoms with Crippen molar-refractivity contribution in [2.24, 2.45) is 0 Å². The molecule has 20 heavy (non-hydrogen) atoms. The van der Waals surface area contributed by atoms with Crippen molar-refractivity contribution < 1.29 is 5.11 Å². The predicted octanol–water partition coefficient (Wildman–Crippen LogP) is 1.30. The topological polar surface area (TPSA) is 38.7 Å². The summed E-state index contributed by atoms with van der Waals surface area (Å²) in [5.74, 6) is 0. The van der Waals surface area contributed by atoms with Gasteiger partial charge in [-0.25, -0.2) is 0 Å². The Kier molecular flexibility index (Phi) is 5.84. The van der Waals surface area contributed by atoms with Crippen LogP contribution in [0.15, 0.2) is 0 Å². The zero-order valence-corrected chi connectivity index (χ0v) is 13.6. The molecule has 0 spiro atoms. The molecule has 0 amide bonds. The molecule has 1 aliphatic heterocycles.